The molecule has 0 atom stereocenters. The topological polar surface area (TPSA) is 102 Å². The summed E-state index contributed by atoms with van der Waals surface area (Å²) in [5, 5.41) is 2.67. The largest absolute Gasteiger partial charge is 0.497 e. The Balaban J connectivity index is 1.86. The lowest BCUT2D eigenvalue weighted by molar-refractivity contribution is -0.116. The van der Waals surface area contributed by atoms with E-state index in [-0.39, 0.29) is 29.6 Å². The number of Topliss-reactive ketones (excluding diaryl/α,β-unsaturated/α-hetero) is 1. The van der Waals surface area contributed by atoms with Crippen LogP contribution in [0.3, 0.4) is 0 Å². The van der Waals surface area contributed by atoms with E-state index in [1.54, 1.807) is 31.4 Å². The Kier molecular flexibility index (Phi) is 6.48. The number of nitrogens with one attached hydrogen (secondary N) is 2. The molecule has 8 heteroatoms. The molecular formula is C18H20N2O5S. The van der Waals surface area contributed by atoms with Crippen molar-refractivity contribution >= 4 is 27.4 Å². The lowest BCUT2D eigenvalue weighted by Crippen LogP contribution is -2.27. The third-order valence-corrected chi connectivity index (χ3v) is 5.07. The van der Waals surface area contributed by atoms with Crippen molar-refractivity contribution in [2.24, 2.45) is 0 Å². The monoisotopic (exact) mass is 376 g/mol. The number of hydrogen-bond donors (Lipinski definition) is 2. The molecule has 26 heavy (non-hydrogen) atoms. The van der Waals surface area contributed by atoms with Crippen molar-refractivity contribution in [3.8, 4) is 5.75 Å². The van der Waals surface area contributed by atoms with Crippen molar-refractivity contribution in [3.63, 3.8) is 0 Å². The van der Waals surface area contributed by atoms with Gasteiger partial charge in [-0.15, -0.1) is 0 Å². The van der Waals surface area contributed by atoms with Crippen LogP contribution < -0.4 is 14.8 Å². The smallest absolute Gasteiger partial charge is 0.240 e. The minimum absolute atomic E-state index is 0.0171. The molecule has 0 fully saturated rings. The van der Waals surface area contributed by atoms with E-state index in [0.29, 0.717) is 17.0 Å². The van der Waals surface area contributed by atoms with Crippen molar-refractivity contribution in [2.75, 3.05) is 19.0 Å². The molecule has 0 aromatic heterocycles. The van der Waals surface area contributed by atoms with E-state index in [1.165, 1.54) is 31.2 Å². The van der Waals surface area contributed by atoms with Crippen LogP contribution in [0.25, 0.3) is 0 Å². The summed E-state index contributed by atoms with van der Waals surface area (Å²) in [6.07, 6.45) is -0.0171. The minimum atomic E-state index is -3.74. The molecule has 0 radical (unpaired) electrons. The average Bonchev–Trinajstić information content (AvgIpc) is 2.62. The van der Waals surface area contributed by atoms with Crippen LogP contribution in [0, 0.1) is 0 Å². The van der Waals surface area contributed by atoms with Gasteiger partial charge in [0.25, 0.3) is 0 Å². The third kappa shape index (κ3) is 5.40. The molecule has 7 nitrogen and oxygen atoms in total. The minimum Gasteiger partial charge on any atom is -0.497 e. The highest BCUT2D eigenvalue weighted by atomic mass is 32.2. The van der Waals surface area contributed by atoms with Crippen LogP contribution in [0.4, 0.5) is 5.69 Å². The predicted octanol–water partition coefficient (Wildman–Crippen LogP) is 2.20. The second kappa shape index (κ2) is 8.59. The summed E-state index contributed by atoms with van der Waals surface area (Å²) in [4.78, 5) is 23.2. The predicted molar refractivity (Wildman–Crippen MR) is 97.9 cm³/mol. The average molecular weight is 376 g/mol. The highest BCUT2D eigenvalue weighted by Gasteiger charge is 2.14. The number of benzene rings is 2. The van der Waals surface area contributed by atoms with Crippen molar-refractivity contribution < 1.29 is 22.7 Å². The fourth-order valence-corrected chi connectivity index (χ4v) is 3.18. The van der Waals surface area contributed by atoms with Crippen LogP contribution in [-0.2, 0) is 14.8 Å². The summed E-state index contributed by atoms with van der Waals surface area (Å²) >= 11 is 0. The van der Waals surface area contributed by atoms with Gasteiger partial charge in [-0.3, -0.25) is 9.59 Å². The Morgan fingerprint density at radius 2 is 1.62 bits per heavy atom. The van der Waals surface area contributed by atoms with Gasteiger partial charge >= 0.3 is 0 Å². The lowest BCUT2D eigenvalue weighted by Gasteiger charge is -2.08. The number of amides is 1. The summed E-state index contributed by atoms with van der Waals surface area (Å²) in [7, 11) is -2.19. The second-order valence-corrected chi connectivity index (χ2v) is 7.27. The molecule has 0 bridgehead atoms. The lowest BCUT2D eigenvalue weighted by atomic mass is 10.2. The number of carbonyl (C=O) groups excluding carboxylic acids is 2. The Morgan fingerprint density at radius 3 is 2.15 bits per heavy atom. The zero-order valence-electron chi connectivity index (χ0n) is 14.5. The molecule has 0 saturated heterocycles. The first-order valence-corrected chi connectivity index (χ1v) is 9.35. The van der Waals surface area contributed by atoms with E-state index in [2.05, 4.69) is 10.0 Å². The van der Waals surface area contributed by atoms with E-state index >= 15 is 0 Å². The first-order valence-electron chi connectivity index (χ1n) is 7.86. The van der Waals surface area contributed by atoms with Gasteiger partial charge in [-0.25, -0.2) is 13.1 Å². The molecule has 2 aromatic rings. The Bertz CT molecular complexity index is 875. The molecule has 0 aliphatic carbocycles. The van der Waals surface area contributed by atoms with Crippen LogP contribution in [-0.4, -0.2) is 33.8 Å². The molecule has 2 N–H and O–H groups in total. The van der Waals surface area contributed by atoms with Gasteiger partial charge in [-0.1, -0.05) is 12.1 Å². The molecule has 2 rings (SSSR count). The number of anilines is 1. The molecule has 0 heterocycles. The first kappa shape index (κ1) is 19.6. The van der Waals surface area contributed by atoms with Crippen molar-refractivity contribution in [3.05, 3.63) is 54.1 Å². The zero-order chi connectivity index (χ0) is 19.2. The summed E-state index contributed by atoms with van der Waals surface area (Å²) in [6.45, 7) is 1.36. The normalized spacial score (nSPS) is 11.0. The number of ketones is 1. The van der Waals surface area contributed by atoms with Crippen LogP contribution in [0.5, 0.6) is 5.75 Å². The molecule has 1 amide bonds. The maximum absolute atomic E-state index is 12.2. The number of hydrogen-bond acceptors (Lipinski definition) is 5. The summed E-state index contributed by atoms with van der Waals surface area (Å²) in [5.41, 5.74) is 1.03. The second-order valence-electron chi connectivity index (χ2n) is 5.51. The van der Waals surface area contributed by atoms with Gasteiger partial charge in [0, 0.05) is 24.2 Å². The van der Waals surface area contributed by atoms with E-state index < -0.39 is 10.0 Å². The molecular weight excluding hydrogens is 356 g/mol. The van der Waals surface area contributed by atoms with E-state index in [9.17, 15) is 18.0 Å². The van der Waals surface area contributed by atoms with Crippen LogP contribution in [0.15, 0.2) is 53.4 Å². The first-order chi connectivity index (χ1) is 12.3. The number of methoxy groups -OCH3 is 1. The van der Waals surface area contributed by atoms with E-state index in [1.807, 2.05) is 0 Å². The van der Waals surface area contributed by atoms with Crippen LogP contribution in [0.1, 0.15) is 23.7 Å². The Hall–Kier alpha value is -2.71. The Labute approximate surface area is 152 Å². The van der Waals surface area contributed by atoms with Crippen LogP contribution in [0.2, 0.25) is 0 Å². The van der Waals surface area contributed by atoms with Crippen LogP contribution >= 0.6 is 0 Å². The van der Waals surface area contributed by atoms with Gasteiger partial charge in [0.15, 0.2) is 5.78 Å². The number of ether oxygens (including phenoxy) is 1. The maximum Gasteiger partial charge on any atom is 0.240 e. The fourth-order valence-electron chi connectivity index (χ4n) is 2.15. The van der Waals surface area contributed by atoms with Gasteiger partial charge in [0.05, 0.1) is 12.0 Å². The van der Waals surface area contributed by atoms with E-state index in [4.69, 9.17) is 4.74 Å². The van der Waals surface area contributed by atoms with Gasteiger partial charge < -0.3 is 10.1 Å². The fraction of sp³-hybridized carbons (Fsp3) is 0.222. The SMILES string of the molecule is COc1ccc(NC(=O)CCNS(=O)(=O)c2ccc(C(C)=O)cc2)cc1. The number of carbonyl (C=O) groups is 2. The summed E-state index contributed by atoms with van der Waals surface area (Å²) in [6, 6.07) is 12.4. The van der Waals surface area contributed by atoms with Crippen molar-refractivity contribution in [1.29, 1.82) is 0 Å². The highest BCUT2D eigenvalue weighted by molar-refractivity contribution is 7.89. The van der Waals surface area contributed by atoms with Gasteiger partial charge in [0.1, 0.15) is 5.75 Å². The molecule has 0 aliphatic heterocycles. The number of rotatable bonds is 8. The summed E-state index contributed by atoms with van der Waals surface area (Å²) < 4.78 is 31.8. The highest BCUT2D eigenvalue weighted by Crippen LogP contribution is 2.15. The summed E-state index contributed by atoms with van der Waals surface area (Å²) in [5.74, 6) is 0.216. The molecule has 0 aliphatic rings. The third-order valence-electron chi connectivity index (χ3n) is 3.59. The van der Waals surface area contributed by atoms with E-state index in [0.717, 1.165) is 0 Å². The zero-order valence-corrected chi connectivity index (χ0v) is 15.3. The standard InChI is InChI=1S/C18H20N2O5S/c1-13(21)14-3-9-17(10-4-14)26(23,24)19-12-11-18(22)20-15-5-7-16(25-2)8-6-15/h3-10,19H,11-12H2,1-2H3,(H,20,22). The maximum atomic E-state index is 12.2. The molecule has 138 valence electrons. The van der Waals surface area contributed by atoms with Gasteiger partial charge in [-0.2, -0.15) is 0 Å². The molecule has 0 unspecified atom stereocenters. The van der Waals surface area contributed by atoms with Crippen molar-refractivity contribution in [1.82, 2.24) is 4.72 Å². The Morgan fingerprint density at radius 1 is 1.00 bits per heavy atom. The van der Waals surface area contributed by atoms with Gasteiger partial charge in [-0.05, 0) is 43.3 Å². The van der Waals surface area contributed by atoms with Crippen molar-refractivity contribution in [2.45, 2.75) is 18.2 Å². The number of sulfonamides is 1. The molecule has 2 aromatic carbocycles. The quantitative estimate of drug-likeness (QED) is 0.688. The van der Waals surface area contributed by atoms with Gasteiger partial charge in [0.2, 0.25) is 15.9 Å². The molecule has 0 saturated carbocycles. The molecule has 0 spiro atoms.